The molecule has 2 heterocycles. The summed E-state index contributed by atoms with van der Waals surface area (Å²) >= 11 is 0. The quantitative estimate of drug-likeness (QED) is 0.885. The molecule has 128 valence electrons. The molecule has 1 unspecified atom stereocenters. The van der Waals surface area contributed by atoms with Crippen molar-refractivity contribution in [2.45, 2.75) is 65.3 Å². The molecule has 0 radical (unpaired) electrons. The second kappa shape index (κ2) is 5.50. The summed E-state index contributed by atoms with van der Waals surface area (Å²) in [6.45, 7) is 6.42. The molecule has 1 amide bonds. The van der Waals surface area contributed by atoms with Crippen molar-refractivity contribution >= 4 is 5.91 Å². The molecule has 0 spiro atoms. The third kappa shape index (κ3) is 2.66. The number of rotatable bonds is 2. The molecule has 2 N–H and O–H groups in total. The lowest BCUT2D eigenvalue weighted by Crippen LogP contribution is -2.36. The minimum absolute atomic E-state index is 0.00959. The second-order valence-corrected chi connectivity index (χ2v) is 8.04. The Morgan fingerprint density at radius 3 is 3.00 bits per heavy atom. The van der Waals surface area contributed by atoms with Gasteiger partial charge in [-0.1, -0.05) is 13.8 Å². The number of carbonyl (C=O) groups is 1. The van der Waals surface area contributed by atoms with Gasteiger partial charge < -0.3 is 9.73 Å². The molecule has 2 aromatic heterocycles. The molecule has 0 aromatic carbocycles. The first-order valence-corrected chi connectivity index (χ1v) is 8.89. The Morgan fingerprint density at radius 1 is 1.38 bits per heavy atom. The SMILES string of the molecule is Cc1cc2c(o1)CC(C)(C)CC2NC(=O)c1n[nH]c2c1CCCC2. The predicted octanol–water partition coefficient (Wildman–Crippen LogP) is 3.63. The van der Waals surface area contributed by atoms with Gasteiger partial charge in [0.05, 0.1) is 6.04 Å². The molecule has 2 aliphatic rings. The molecule has 5 nitrogen and oxygen atoms in total. The van der Waals surface area contributed by atoms with E-state index in [4.69, 9.17) is 4.42 Å². The highest BCUT2D eigenvalue weighted by molar-refractivity contribution is 5.94. The Hall–Kier alpha value is -2.04. The average molecular weight is 327 g/mol. The minimum atomic E-state index is -0.0677. The van der Waals surface area contributed by atoms with Gasteiger partial charge in [-0.2, -0.15) is 5.10 Å². The van der Waals surface area contributed by atoms with Crippen LogP contribution in [-0.4, -0.2) is 16.1 Å². The number of aromatic nitrogens is 2. The van der Waals surface area contributed by atoms with Crippen molar-refractivity contribution in [3.05, 3.63) is 40.1 Å². The molecule has 1 atom stereocenters. The van der Waals surface area contributed by atoms with Gasteiger partial charge in [0, 0.05) is 23.2 Å². The van der Waals surface area contributed by atoms with E-state index >= 15 is 0 Å². The molecule has 0 fully saturated rings. The zero-order chi connectivity index (χ0) is 16.9. The number of H-pyrrole nitrogens is 1. The highest BCUT2D eigenvalue weighted by atomic mass is 16.3. The summed E-state index contributed by atoms with van der Waals surface area (Å²) in [5.74, 6) is 1.86. The van der Waals surface area contributed by atoms with E-state index in [9.17, 15) is 4.79 Å². The number of nitrogens with zero attached hydrogens (tertiary/aromatic N) is 1. The van der Waals surface area contributed by atoms with Crippen LogP contribution in [0.5, 0.6) is 0 Å². The van der Waals surface area contributed by atoms with E-state index in [1.54, 1.807) is 0 Å². The van der Waals surface area contributed by atoms with E-state index in [0.717, 1.165) is 60.4 Å². The zero-order valence-electron chi connectivity index (χ0n) is 14.7. The van der Waals surface area contributed by atoms with E-state index in [-0.39, 0.29) is 17.4 Å². The van der Waals surface area contributed by atoms with Crippen LogP contribution < -0.4 is 5.32 Å². The van der Waals surface area contributed by atoms with Crippen molar-refractivity contribution in [2.24, 2.45) is 5.41 Å². The lowest BCUT2D eigenvalue weighted by Gasteiger charge is -2.34. The van der Waals surface area contributed by atoms with Crippen LogP contribution in [0.4, 0.5) is 0 Å². The molecular formula is C19H25N3O2. The van der Waals surface area contributed by atoms with Crippen molar-refractivity contribution in [1.29, 1.82) is 0 Å². The molecule has 0 saturated carbocycles. The monoisotopic (exact) mass is 327 g/mol. The number of carbonyl (C=O) groups excluding carboxylic acids is 1. The molecule has 0 bridgehead atoms. The van der Waals surface area contributed by atoms with Gasteiger partial charge in [0.15, 0.2) is 5.69 Å². The van der Waals surface area contributed by atoms with Crippen LogP contribution in [0.3, 0.4) is 0 Å². The number of hydrogen-bond acceptors (Lipinski definition) is 3. The summed E-state index contributed by atoms with van der Waals surface area (Å²) < 4.78 is 5.86. The summed E-state index contributed by atoms with van der Waals surface area (Å²) in [5.41, 5.74) is 4.06. The zero-order valence-corrected chi connectivity index (χ0v) is 14.7. The number of nitrogens with one attached hydrogen (secondary N) is 2. The predicted molar refractivity (Wildman–Crippen MR) is 91.0 cm³/mol. The van der Waals surface area contributed by atoms with Crippen molar-refractivity contribution in [3.8, 4) is 0 Å². The maximum Gasteiger partial charge on any atom is 0.272 e. The van der Waals surface area contributed by atoms with Crippen LogP contribution >= 0.6 is 0 Å². The largest absolute Gasteiger partial charge is 0.466 e. The van der Waals surface area contributed by atoms with Gasteiger partial charge in [-0.05, 0) is 50.5 Å². The summed E-state index contributed by atoms with van der Waals surface area (Å²) in [6, 6.07) is 2.06. The van der Waals surface area contributed by atoms with Crippen LogP contribution in [0.15, 0.2) is 10.5 Å². The van der Waals surface area contributed by atoms with Gasteiger partial charge in [-0.3, -0.25) is 9.89 Å². The smallest absolute Gasteiger partial charge is 0.272 e. The fourth-order valence-electron chi connectivity index (χ4n) is 4.21. The second-order valence-electron chi connectivity index (χ2n) is 8.04. The summed E-state index contributed by atoms with van der Waals surface area (Å²) in [4.78, 5) is 12.8. The van der Waals surface area contributed by atoms with Crippen LogP contribution in [0.1, 0.15) is 78.0 Å². The molecule has 5 heteroatoms. The van der Waals surface area contributed by atoms with E-state index in [2.05, 4.69) is 35.4 Å². The lowest BCUT2D eigenvalue weighted by atomic mass is 9.74. The van der Waals surface area contributed by atoms with E-state index < -0.39 is 0 Å². The normalized spacial score (nSPS) is 21.9. The van der Waals surface area contributed by atoms with Crippen molar-refractivity contribution in [1.82, 2.24) is 15.5 Å². The van der Waals surface area contributed by atoms with Gasteiger partial charge in [0.25, 0.3) is 5.91 Å². The first kappa shape index (κ1) is 15.5. The van der Waals surface area contributed by atoms with Crippen molar-refractivity contribution in [3.63, 3.8) is 0 Å². The first-order valence-electron chi connectivity index (χ1n) is 8.89. The fraction of sp³-hybridized carbons (Fsp3) is 0.579. The number of aromatic amines is 1. The molecular weight excluding hydrogens is 302 g/mol. The average Bonchev–Trinajstić information content (AvgIpc) is 3.09. The third-order valence-corrected chi connectivity index (χ3v) is 5.31. The van der Waals surface area contributed by atoms with Gasteiger partial charge in [-0.15, -0.1) is 0 Å². The number of hydrogen-bond donors (Lipinski definition) is 2. The van der Waals surface area contributed by atoms with Crippen molar-refractivity contribution < 1.29 is 9.21 Å². The van der Waals surface area contributed by atoms with E-state index in [1.807, 2.05) is 6.92 Å². The molecule has 24 heavy (non-hydrogen) atoms. The van der Waals surface area contributed by atoms with Gasteiger partial charge in [0.1, 0.15) is 11.5 Å². The van der Waals surface area contributed by atoms with Crippen LogP contribution in [0.25, 0.3) is 0 Å². The maximum absolute atomic E-state index is 12.8. The van der Waals surface area contributed by atoms with Gasteiger partial charge in [-0.25, -0.2) is 0 Å². The molecule has 2 aliphatic carbocycles. The van der Waals surface area contributed by atoms with Gasteiger partial charge in [0.2, 0.25) is 0 Å². The molecule has 0 saturated heterocycles. The maximum atomic E-state index is 12.8. The Morgan fingerprint density at radius 2 is 2.17 bits per heavy atom. The minimum Gasteiger partial charge on any atom is -0.466 e. The Labute approximate surface area is 142 Å². The Bertz CT molecular complexity index is 785. The van der Waals surface area contributed by atoms with Crippen molar-refractivity contribution in [2.75, 3.05) is 0 Å². The molecule has 4 rings (SSSR count). The molecule has 2 aromatic rings. The highest BCUT2D eigenvalue weighted by Crippen LogP contribution is 2.42. The van der Waals surface area contributed by atoms with Crippen LogP contribution in [0.2, 0.25) is 0 Å². The standard InChI is InChI=1S/C19H25N3O2/c1-11-8-13-15(9-19(2,3)10-16(13)24-11)20-18(23)17-12-6-4-5-7-14(12)21-22-17/h8,15H,4-7,9-10H2,1-3H3,(H,20,23)(H,21,22). The number of fused-ring (bicyclic) bond motifs is 2. The van der Waals surface area contributed by atoms with Gasteiger partial charge >= 0.3 is 0 Å². The number of amides is 1. The summed E-state index contributed by atoms with van der Waals surface area (Å²) in [5, 5.41) is 10.6. The van der Waals surface area contributed by atoms with Crippen LogP contribution in [-0.2, 0) is 19.3 Å². The summed E-state index contributed by atoms with van der Waals surface area (Å²) in [7, 11) is 0. The molecule has 0 aliphatic heterocycles. The summed E-state index contributed by atoms with van der Waals surface area (Å²) in [6.07, 6.45) is 6.08. The fourth-order valence-corrected chi connectivity index (χ4v) is 4.21. The van der Waals surface area contributed by atoms with E-state index in [1.165, 1.54) is 6.42 Å². The number of aryl methyl sites for hydroxylation is 2. The highest BCUT2D eigenvalue weighted by Gasteiger charge is 2.36. The Kier molecular flexibility index (Phi) is 3.55. The number of furan rings is 1. The third-order valence-electron chi connectivity index (χ3n) is 5.31. The van der Waals surface area contributed by atoms with E-state index in [0.29, 0.717) is 5.69 Å². The lowest BCUT2D eigenvalue weighted by molar-refractivity contribution is 0.0911. The topological polar surface area (TPSA) is 70.9 Å². The first-order chi connectivity index (χ1) is 11.4. The Balaban J connectivity index is 1.61. The van der Waals surface area contributed by atoms with Crippen LogP contribution in [0, 0.1) is 12.3 Å².